The van der Waals surface area contributed by atoms with Crippen LogP contribution in [-0.4, -0.2) is 17.5 Å². The molecule has 2 N–H and O–H groups in total. The van der Waals surface area contributed by atoms with Gasteiger partial charge in [-0.3, -0.25) is 9.59 Å². The number of carbonyl (C=O) groups is 1. The molecule has 1 aromatic heterocycles. The Morgan fingerprint density at radius 2 is 1.74 bits per heavy atom. The zero-order valence-electron chi connectivity index (χ0n) is 18.0. The van der Waals surface area contributed by atoms with E-state index in [4.69, 9.17) is 4.74 Å². The molecular formula is C26H28N2O3. The normalized spacial score (nSPS) is 13.9. The number of hydrogen-bond acceptors (Lipinski definition) is 3. The number of aromatic nitrogens is 1. The van der Waals surface area contributed by atoms with Crippen LogP contribution in [0.2, 0.25) is 0 Å². The molecule has 0 spiro atoms. The standard InChI is InChI=1S/C26H28N2O3/c1-3-31-21-14-12-20(13-15-21)27-25(29)24-22(18-10-8-17(2)9-11-18)16-23(28-26(24)30)19-6-4-5-7-19/h8-16,19H,3-7H2,1-2H3,(H,27,29)(H,28,30). The maximum absolute atomic E-state index is 13.2. The van der Waals surface area contributed by atoms with Crippen molar-refractivity contribution in [3.63, 3.8) is 0 Å². The Morgan fingerprint density at radius 3 is 2.39 bits per heavy atom. The Kier molecular flexibility index (Phi) is 6.21. The minimum absolute atomic E-state index is 0.138. The Labute approximate surface area is 182 Å². The van der Waals surface area contributed by atoms with Crippen LogP contribution in [0, 0.1) is 6.92 Å². The lowest BCUT2D eigenvalue weighted by Gasteiger charge is -2.15. The third-order valence-electron chi connectivity index (χ3n) is 5.86. The smallest absolute Gasteiger partial charge is 0.261 e. The fraction of sp³-hybridized carbons (Fsp3) is 0.308. The molecule has 5 heteroatoms. The summed E-state index contributed by atoms with van der Waals surface area (Å²) in [5.74, 6) is 0.665. The van der Waals surface area contributed by atoms with Gasteiger partial charge in [0.25, 0.3) is 11.5 Å². The Hall–Kier alpha value is -3.34. The van der Waals surface area contributed by atoms with Crippen molar-refractivity contribution in [1.82, 2.24) is 4.98 Å². The van der Waals surface area contributed by atoms with E-state index >= 15 is 0 Å². The van der Waals surface area contributed by atoms with Crippen LogP contribution in [0.3, 0.4) is 0 Å². The summed E-state index contributed by atoms with van der Waals surface area (Å²) in [5, 5.41) is 2.86. The zero-order valence-corrected chi connectivity index (χ0v) is 18.0. The number of amides is 1. The second kappa shape index (κ2) is 9.21. The molecule has 1 fully saturated rings. The highest BCUT2D eigenvalue weighted by Gasteiger charge is 2.23. The van der Waals surface area contributed by atoms with E-state index in [1.54, 1.807) is 24.3 Å². The van der Waals surface area contributed by atoms with Crippen molar-refractivity contribution in [1.29, 1.82) is 0 Å². The molecule has 0 unspecified atom stereocenters. The molecule has 160 valence electrons. The highest BCUT2D eigenvalue weighted by molar-refractivity contribution is 6.08. The Bertz CT molecular complexity index is 1110. The van der Waals surface area contributed by atoms with E-state index < -0.39 is 5.91 Å². The summed E-state index contributed by atoms with van der Waals surface area (Å²) in [6.45, 7) is 4.52. The van der Waals surface area contributed by atoms with Gasteiger partial charge in [-0.15, -0.1) is 0 Å². The Morgan fingerprint density at radius 1 is 1.06 bits per heavy atom. The molecule has 0 saturated heterocycles. The summed E-state index contributed by atoms with van der Waals surface area (Å²) in [4.78, 5) is 29.3. The number of nitrogens with one attached hydrogen (secondary N) is 2. The number of aromatic amines is 1. The number of carbonyl (C=O) groups excluding carboxylic acids is 1. The van der Waals surface area contributed by atoms with Crippen molar-refractivity contribution < 1.29 is 9.53 Å². The number of pyridine rings is 1. The molecule has 0 atom stereocenters. The van der Waals surface area contributed by atoms with Crippen LogP contribution in [0.1, 0.15) is 60.1 Å². The molecule has 1 aliphatic rings. The van der Waals surface area contributed by atoms with Gasteiger partial charge in [0, 0.05) is 16.9 Å². The van der Waals surface area contributed by atoms with Crippen molar-refractivity contribution >= 4 is 11.6 Å². The van der Waals surface area contributed by atoms with Crippen LogP contribution in [0.4, 0.5) is 5.69 Å². The van der Waals surface area contributed by atoms with Gasteiger partial charge in [-0.2, -0.15) is 0 Å². The third-order valence-corrected chi connectivity index (χ3v) is 5.86. The van der Waals surface area contributed by atoms with Crippen LogP contribution in [0.15, 0.2) is 59.4 Å². The van der Waals surface area contributed by atoms with Gasteiger partial charge in [0.1, 0.15) is 11.3 Å². The maximum atomic E-state index is 13.2. The lowest BCUT2D eigenvalue weighted by molar-refractivity contribution is 0.102. The van der Waals surface area contributed by atoms with Crippen LogP contribution in [0.25, 0.3) is 11.1 Å². The minimum Gasteiger partial charge on any atom is -0.494 e. The Balaban J connectivity index is 1.71. The molecule has 2 aromatic carbocycles. The first kappa shape index (κ1) is 20.9. The average Bonchev–Trinajstić information content (AvgIpc) is 3.30. The molecule has 0 bridgehead atoms. The first-order chi connectivity index (χ1) is 15.0. The van der Waals surface area contributed by atoms with Gasteiger partial charge in [0.2, 0.25) is 0 Å². The fourth-order valence-corrected chi connectivity index (χ4v) is 4.22. The lowest BCUT2D eigenvalue weighted by atomic mass is 9.95. The van der Waals surface area contributed by atoms with Gasteiger partial charge in [-0.25, -0.2) is 0 Å². The second-order valence-electron chi connectivity index (χ2n) is 8.10. The van der Waals surface area contributed by atoms with E-state index in [1.165, 1.54) is 12.8 Å². The molecular weight excluding hydrogens is 388 g/mol. The number of hydrogen-bond donors (Lipinski definition) is 2. The number of rotatable bonds is 6. The molecule has 1 amide bonds. The monoisotopic (exact) mass is 416 g/mol. The van der Waals surface area contributed by atoms with Crippen LogP contribution in [-0.2, 0) is 0 Å². The van der Waals surface area contributed by atoms with Gasteiger partial charge in [0.05, 0.1) is 6.61 Å². The lowest BCUT2D eigenvalue weighted by Crippen LogP contribution is -2.26. The van der Waals surface area contributed by atoms with Gasteiger partial charge < -0.3 is 15.0 Å². The van der Waals surface area contributed by atoms with E-state index in [1.807, 2.05) is 44.2 Å². The van der Waals surface area contributed by atoms with Crippen LogP contribution >= 0.6 is 0 Å². The summed E-state index contributed by atoms with van der Waals surface area (Å²) < 4.78 is 5.45. The van der Waals surface area contributed by atoms with Gasteiger partial charge >= 0.3 is 0 Å². The molecule has 0 aliphatic heterocycles. The van der Waals surface area contributed by atoms with E-state index in [0.29, 0.717) is 23.8 Å². The molecule has 1 heterocycles. The van der Waals surface area contributed by atoms with Gasteiger partial charge in [0.15, 0.2) is 0 Å². The summed E-state index contributed by atoms with van der Waals surface area (Å²) in [6, 6.07) is 17.1. The fourth-order valence-electron chi connectivity index (χ4n) is 4.22. The SMILES string of the molecule is CCOc1ccc(NC(=O)c2c(-c3ccc(C)cc3)cc(C3CCCC3)[nH]c2=O)cc1. The first-order valence-electron chi connectivity index (χ1n) is 10.9. The number of H-pyrrole nitrogens is 1. The largest absolute Gasteiger partial charge is 0.494 e. The molecule has 0 radical (unpaired) electrons. The van der Waals surface area contributed by atoms with Crippen molar-refractivity contribution in [2.75, 3.05) is 11.9 Å². The van der Waals surface area contributed by atoms with E-state index in [9.17, 15) is 9.59 Å². The molecule has 3 aromatic rings. The van der Waals surface area contributed by atoms with Gasteiger partial charge in [-0.1, -0.05) is 42.7 Å². The van der Waals surface area contributed by atoms with E-state index in [-0.39, 0.29) is 11.1 Å². The van der Waals surface area contributed by atoms with Crippen molar-refractivity contribution in [2.24, 2.45) is 0 Å². The summed E-state index contributed by atoms with van der Waals surface area (Å²) in [7, 11) is 0. The minimum atomic E-state index is -0.418. The van der Waals surface area contributed by atoms with E-state index in [2.05, 4.69) is 10.3 Å². The van der Waals surface area contributed by atoms with E-state index in [0.717, 1.165) is 35.4 Å². The molecule has 4 rings (SSSR count). The quantitative estimate of drug-likeness (QED) is 0.545. The number of benzene rings is 2. The van der Waals surface area contributed by atoms with Crippen molar-refractivity contribution in [3.05, 3.63) is 81.8 Å². The number of aryl methyl sites for hydroxylation is 1. The van der Waals surface area contributed by atoms with Gasteiger partial charge in [-0.05, 0) is 68.5 Å². The van der Waals surface area contributed by atoms with Crippen LogP contribution in [0.5, 0.6) is 5.75 Å². The average molecular weight is 417 g/mol. The summed E-state index contributed by atoms with van der Waals surface area (Å²) in [6.07, 6.45) is 4.49. The first-order valence-corrected chi connectivity index (χ1v) is 10.9. The molecule has 1 saturated carbocycles. The third kappa shape index (κ3) is 4.71. The predicted octanol–water partition coefficient (Wildman–Crippen LogP) is 5.66. The predicted molar refractivity (Wildman–Crippen MR) is 124 cm³/mol. The topological polar surface area (TPSA) is 71.2 Å². The second-order valence-corrected chi connectivity index (χ2v) is 8.10. The summed E-state index contributed by atoms with van der Waals surface area (Å²) >= 11 is 0. The van der Waals surface area contributed by atoms with Crippen molar-refractivity contribution in [2.45, 2.75) is 45.4 Å². The molecule has 1 aliphatic carbocycles. The highest BCUT2D eigenvalue weighted by atomic mass is 16.5. The van der Waals surface area contributed by atoms with Crippen LogP contribution < -0.4 is 15.6 Å². The maximum Gasteiger partial charge on any atom is 0.261 e. The summed E-state index contributed by atoms with van der Waals surface area (Å²) in [5.41, 5.74) is 4.01. The highest BCUT2D eigenvalue weighted by Crippen LogP contribution is 2.35. The zero-order chi connectivity index (χ0) is 21.8. The number of ether oxygens (including phenoxy) is 1. The number of anilines is 1. The van der Waals surface area contributed by atoms with Crippen molar-refractivity contribution in [3.8, 4) is 16.9 Å². The molecule has 31 heavy (non-hydrogen) atoms. The molecule has 5 nitrogen and oxygen atoms in total.